The van der Waals surface area contributed by atoms with Crippen LogP contribution in [0.3, 0.4) is 0 Å². The molecule has 4 heteroatoms. The maximum absolute atomic E-state index is 7.52. The summed E-state index contributed by atoms with van der Waals surface area (Å²) in [5, 5.41) is 7.52. The van der Waals surface area contributed by atoms with E-state index < -0.39 is 0 Å². The van der Waals surface area contributed by atoms with Crippen molar-refractivity contribution in [1.29, 1.82) is 5.41 Å². The van der Waals surface area contributed by atoms with Crippen molar-refractivity contribution in [1.82, 2.24) is 4.90 Å². The second kappa shape index (κ2) is 6.86. The fourth-order valence-electron chi connectivity index (χ4n) is 1.59. The summed E-state index contributed by atoms with van der Waals surface area (Å²) in [5.74, 6) is 0.267. The van der Waals surface area contributed by atoms with E-state index in [2.05, 4.69) is 18.7 Å². The van der Waals surface area contributed by atoms with E-state index in [1.54, 1.807) is 7.11 Å². The summed E-state index contributed by atoms with van der Waals surface area (Å²) in [6.07, 6.45) is 0.907. The molecule has 0 saturated heterocycles. The molecule has 96 valence electrons. The van der Waals surface area contributed by atoms with Crippen LogP contribution < -0.4 is 5.73 Å². The van der Waals surface area contributed by atoms with Gasteiger partial charge in [-0.3, -0.25) is 10.3 Å². The van der Waals surface area contributed by atoms with E-state index in [0.29, 0.717) is 6.04 Å². The van der Waals surface area contributed by atoms with Gasteiger partial charge in [0, 0.05) is 18.6 Å². The Hall–Kier alpha value is -0.610. The third-order valence-electron chi connectivity index (χ3n) is 3.19. The van der Waals surface area contributed by atoms with E-state index in [9.17, 15) is 0 Å². The lowest BCUT2D eigenvalue weighted by Crippen LogP contribution is -2.40. The molecule has 1 unspecified atom stereocenters. The predicted molar refractivity (Wildman–Crippen MR) is 68.9 cm³/mol. The molecule has 1 atom stereocenters. The Morgan fingerprint density at radius 1 is 1.50 bits per heavy atom. The van der Waals surface area contributed by atoms with Gasteiger partial charge in [0.25, 0.3) is 0 Å². The van der Waals surface area contributed by atoms with Gasteiger partial charge in [-0.15, -0.1) is 0 Å². The number of methoxy groups -OCH3 is 1. The summed E-state index contributed by atoms with van der Waals surface area (Å²) < 4.78 is 5.16. The van der Waals surface area contributed by atoms with Crippen LogP contribution in [0.4, 0.5) is 0 Å². The highest BCUT2D eigenvalue weighted by Crippen LogP contribution is 2.20. The molecule has 0 aromatic rings. The topological polar surface area (TPSA) is 62.3 Å². The zero-order valence-electron chi connectivity index (χ0n) is 11.3. The van der Waals surface area contributed by atoms with Crippen molar-refractivity contribution in [2.45, 2.75) is 40.2 Å². The number of hydrogen-bond donors (Lipinski definition) is 2. The molecule has 0 aromatic carbocycles. The summed E-state index contributed by atoms with van der Waals surface area (Å²) in [7, 11) is 1.73. The summed E-state index contributed by atoms with van der Waals surface area (Å²) in [5.41, 5.74) is 5.36. The Morgan fingerprint density at radius 2 is 2.06 bits per heavy atom. The quantitative estimate of drug-likeness (QED) is 0.492. The van der Waals surface area contributed by atoms with Crippen LogP contribution in [0.1, 0.15) is 34.1 Å². The number of nitrogens with one attached hydrogen (secondary N) is 1. The molecule has 0 aliphatic rings. The van der Waals surface area contributed by atoms with Gasteiger partial charge in [-0.2, -0.15) is 0 Å². The minimum absolute atomic E-state index is 0.208. The van der Waals surface area contributed by atoms with Gasteiger partial charge in [0.15, 0.2) is 0 Å². The Labute approximate surface area is 99.7 Å². The predicted octanol–water partition coefficient (Wildman–Crippen LogP) is 1.70. The van der Waals surface area contributed by atoms with E-state index in [4.69, 9.17) is 15.9 Å². The molecule has 4 nitrogen and oxygen atoms in total. The highest BCUT2D eigenvalue weighted by atomic mass is 16.5. The molecule has 0 aromatic heterocycles. The van der Waals surface area contributed by atoms with Gasteiger partial charge >= 0.3 is 0 Å². The Morgan fingerprint density at radius 3 is 2.44 bits per heavy atom. The fraction of sp³-hybridized carbons (Fsp3) is 0.917. The summed E-state index contributed by atoms with van der Waals surface area (Å²) in [4.78, 5) is 2.36. The maximum atomic E-state index is 7.52. The van der Waals surface area contributed by atoms with Crippen LogP contribution in [0.5, 0.6) is 0 Å². The van der Waals surface area contributed by atoms with Crippen molar-refractivity contribution in [2.75, 3.05) is 26.8 Å². The van der Waals surface area contributed by atoms with Crippen molar-refractivity contribution in [3.8, 4) is 0 Å². The molecule has 0 radical (unpaired) electrons. The molecule has 16 heavy (non-hydrogen) atoms. The number of nitrogens with zero attached hydrogens (tertiary/aromatic N) is 1. The van der Waals surface area contributed by atoms with Crippen molar-refractivity contribution in [3.63, 3.8) is 0 Å². The van der Waals surface area contributed by atoms with Gasteiger partial charge in [0.1, 0.15) is 0 Å². The average molecular weight is 229 g/mol. The molecule has 0 amide bonds. The second-order valence-electron chi connectivity index (χ2n) is 4.98. The van der Waals surface area contributed by atoms with Gasteiger partial charge in [-0.1, -0.05) is 20.8 Å². The van der Waals surface area contributed by atoms with Crippen molar-refractivity contribution in [2.24, 2.45) is 11.1 Å². The van der Waals surface area contributed by atoms with Crippen LogP contribution in [0, 0.1) is 10.8 Å². The van der Waals surface area contributed by atoms with E-state index >= 15 is 0 Å². The van der Waals surface area contributed by atoms with Crippen LogP contribution in [-0.4, -0.2) is 43.6 Å². The largest absolute Gasteiger partial charge is 0.387 e. The second-order valence-corrected chi connectivity index (χ2v) is 4.98. The summed E-state index contributed by atoms with van der Waals surface area (Å²) in [6, 6.07) is 0.415. The van der Waals surface area contributed by atoms with Gasteiger partial charge < -0.3 is 10.5 Å². The fourth-order valence-corrected chi connectivity index (χ4v) is 1.59. The van der Waals surface area contributed by atoms with Crippen LogP contribution >= 0.6 is 0 Å². The molecule has 3 N–H and O–H groups in total. The standard InChI is InChI=1S/C12H27N3O/c1-6-15(10(2)9-16-5)8-7-12(3,4)11(13)14/h10H,6-9H2,1-5H3,(H3,13,14). The summed E-state index contributed by atoms with van der Waals surface area (Å²) >= 11 is 0. The number of nitrogens with two attached hydrogens (primary N) is 1. The van der Waals surface area contributed by atoms with E-state index in [1.165, 1.54) is 0 Å². The first-order chi connectivity index (χ1) is 7.35. The van der Waals surface area contributed by atoms with Crippen LogP contribution in [0.25, 0.3) is 0 Å². The lowest BCUT2D eigenvalue weighted by Gasteiger charge is -2.31. The lowest BCUT2D eigenvalue weighted by molar-refractivity contribution is 0.0973. The minimum atomic E-state index is -0.208. The smallest absolute Gasteiger partial charge is 0.0963 e. The number of amidine groups is 1. The average Bonchev–Trinajstić information content (AvgIpc) is 2.18. The zero-order valence-corrected chi connectivity index (χ0v) is 11.3. The zero-order chi connectivity index (χ0) is 12.8. The van der Waals surface area contributed by atoms with Gasteiger partial charge in [0.05, 0.1) is 12.4 Å². The molecule has 0 spiro atoms. The molecular weight excluding hydrogens is 202 g/mol. The number of hydrogen-bond acceptors (Lipinski definition) is 3. The monoisotopic (exact) mass is 229 g/mol. The molecule has 0 rings (SSSR count). The summed E-state index contributed by atoms with van der Waals surface area (Å²) in [6.45, 7) is 11.0. The van der Waals surface area contributed by atoms with Crippen molar-refractivity contribution in [3.05, 3.63) is 0 Å². The Kier molecular flexibility index (Phi) is 6.60. The SMILES string of the molecule is CCN(CCC(C)(C)C(=N)N)C(C)COC. The van der Waals surface area contributed by atoms with E-state index in [-0.39, 0.29) is 11.3 Å². The number of likely N-dealkylation sites (N-methyl/N-ethyl adjacent to an activating group) is 1. The maximum Gasteiger partial charge on any atom is 0.0963 e. The molecule has 0 bridgehead atoms. The van der Waals surface area contributed by atoms with Crippen LogP contribution in [0.15, 0.2) is 0 Å². The van der Waals surface area contributed by atoms with Crippen molar-refractivity contribution < 1.29 is 4.74 Å². The highest BCUT2D eigenvalue weighted by molar-refractivity contribution is 5.82. The molecule has 0 fully saturated rings. The van der Waals surface area contributed by atoms with Crippen LogP contribution in [0.2, 0.25) is 0 Å². The first kappa shape index (κ1) is 15.4. The third-order valence-corrected chi connectivity index (χ3v) is 3.19. The molecule has 0 heterocycles. The molecule has 0 aliphatic heterocycles. The Balaban J connectivity index is 4.19. The lowest BCUT2D eigenvalue weighted by atomic mass is 9.88. The molecule has 0 aliphatic carbocycles. The van der Waals surface area contributed by atoms with E-state index in [0.717, 1.165) is 26.1 Å². The third kappa shape index (κ3) is 4.94. The van der Waals surface area contributed by atoms with Gasteiger partial charge in [-0.05, 0) is 26.4 Å². The first-order valence-electron chi connectivity index (χ1n) is 5.92. The number of ether oxygens (including phenoxy) is 1. The first-order valence-corrected chi connectivity index (χ1v) is 5.92. The molecular formula is C12H27N3O. The van der Waals surface area contributed by atoms with E-state index in [1.807, 2.05) is 13.8 Å². The van der Waals surface area contributed by atoms with Gasteiger partial charge in [-0.25, -0.2) is 0 Å². The number of rotatable bonds is 8. The highest BCUT2D eigenvalue weighted by Gasteiger charge is 2.23. The minimum Gasteiger partial charge on any atom is -0.387 e. The van der Waals surface area contributed by atoms with Crippen molar-refractivity contribution >= 4 is 5.84 Å². The Bertz CT molecular complexity index is 216. The van der Waals surface area contributed by atoms with Gasteiger partial charge in [0.2, 0.25) is 0 Å². The molecule has 0 saturated carbocycles. The van der Waals surface area contributed by atoms with Crippen LogP contribution in [-0.2, 0) is 4.74 Å². The normalized spacial score (nSPS) is 14.1.